The van der Waals surface area contributed by atoms with Crippen LogP contribution in [-0.2, 0) is 4.79 Å². The maximum Gasteiger partial charge on any atom is 0.220 e. The average Bonchev–Trinajstić information content (AvgIpc) is 3.12. The van der Waals surface area contributed by atoms with Crippen molar-refractivity contribution in [2.24, 2.45) is 0 Å². The molecule has 2 unspecified atom stereocenters. The normalized spacial score (nSPS) is 13.4. The van der Waals surface area contributed by atoms with E-state index in [1.165, 1.54) is 154 Å². The lowest BCUT2D eigenvalue weighted by Gasteiger charge is -2.19. The second kappa shape index (κ2) is 41.8. The molecule has 4 heteroatoms. The maximum absolute atomic E-state index is 12.3. The highest BCUT2D eigenvalue weighted by Crippen LogP contribution is 2.15. The summed E-state index contributed by atoms with van der Waals surface area (Å²) in [4.78, 5) is 12.3. The monoisotopic (exact) mass is 700 g/mol. The zero-order chi connectivity index (χ0) is 36.4. The molecule has 0 spiro atoms. The number of amides is 1. The summed E-state index contributed by atoms with van der Waals surface area (Å²) in [7, 11) is 0. The van der Waals surface area contributed by atoms with E-state index in [2.05, 4.69) is 55.6 Å². The molecule has 1 amide bonds. The van der Waals surface area contributed by atoms with Crippen LogP contribution < -0.4 is 5.32 Å². The molecule has 2 atom stereocenters. The Bertz CT molecular complexity index is 801. The molecule has 0 aliphatic carbocycles. The second-order valence-corrected chi connectivity index (χ2v) is 14.7. The Hall–Kier alpha value is -1.65. The zero-order valence-electron chi connectivity index (χ0n) is 33.4. The van der Waals surface area contributed by atoms with Gasteiger partial charge in [0.15, 0.2) is 0 Å². The van der Waals surface area contributed by atoms with Gasteiger partial charge < -0.3 is 15.5 Å². The minimum atomic E-state index is -0.868. The van der Waals surface area contributed by atoms with Crippen molar-refractivity contribution in [2.45, 2.75) is 231 Å². The van der Waals surface area contributed by atoms with Gasteiger partial charge in [0, 0.05) is 6.42 Å². The fourth-order valence-corrected chi connectivity index (χ4v) is 6.45. The molecule has 0 bridgehead atoms. The van der Waals surface area contributed by atoms with Crippen molar-refractivity contribution in [3.63, 3.8) is 0 Å². The zero-order valence-corrected chi connectivity index (χ0v) is 33.4. The van der Waals surface area contributed by atoms with Crippen LogP contribution in [0.2, 0.25) is 0 Å². The van der Waals surface area contributed by atoms with Crippen LogP contribution in [0.5, 0.6) is 0 Å². The quantitative estimate of drug-likeness (QED) is 0.0442. The molecule has 0 aromatic rings. The first-order chi connectivity index (χ1) is 24.7. The lowest BCUT2D eigenvalue weighted by Crippen LogP contribution is -2.45. The van der Waals surface area contributed by atoms with Crippen molar-refractivity contribution in [1.82, 2.24) is 5.32 Å². The third-order valence-corrected chi connectivity index (χ3v) is 9.77. The van der Waals surface area contributed by atoms with Crippen molar-refractivity contribution in [1.29, 1.82) is 0 Å². The Balaban J connectivity index is 3.48. The van der Waals surface area contributed by atoms with Crippen molar-refractivity contribution >= 4 is 5.91 Å². The first-order valence-electron chi connectivity index (χ1n) is 21.9. The third kappa shape index (κ3) is 37.6. The summed E-state index contributed by atoms with van der Waals surface area (Å²) in [6.45, 7) is 4.17. The van der Waals surface area contributed by atoms with E-state index in [-0.39, 0.29) is 12.5 Å². The lowest BCUT2D eigenvalue weighted by molar-refractivity contribution is -0.123. The molecule has 0 aromatic carbocycles. The van der Waals surface area contributed by atoms with Crippen molar-refractivity contribution < 1.29 is 15.0 Å². The summed E-state index contributed by atoms with van der Waals surface area (Å²) in [6, 6.07) is -0.643. The van der Waals surface area contributed by atoms with Gasteiger partial charge in [0.1, 0.15) is 0 Å². The number of carbonyl (C=O) groups is 1. The van der Waals surface area contributed by atoms with E-state index in [1.54, 1.807) is 6.08 Å². The van der Waals surface area contributed by atoms with E-state index < -0.39 is 12.1 Å². The van der Waals surface area contributed by atoms with Crippen LogP contribution in [0.15, 0.2) is 48.6 Å². The Morgan fingerprint density at radius 2 is 0.840 bits per heavy atom. The van der Waals surface area contributed by atoms with Gasteiger partial charge in [0.25, 0.3) is 0 Å². The van der Waals surface area contributed by atoms with Gasteiger partial charge in [-0.05, 0) is 64.2 Å². The molecule has 0 aliphatic heterocycles. The highest BCUT2D eigenvalue weighted by Gasteiger charge is 2.17. The standard InChI is InChI=1S/C46H85NO3/c1-3-5-7-9-11-13-15-16-17-18-19-20-21-22-23-24-25-26-27-28-29-30-31-32-34-36-38-40-42-46(50)47-44(43-48)45(49)41-39-37-35-33-14-12-10-8-6-4-2/h6,8,14,22-23,33,39,41,44-45,48-49H,3-5,7,9-13,15-21,24-32,34-38,40,42-43H2,1-2H3,(H,47,50)/b8-6+,23-22-,33-14+,41-39+. The number of unbranched alkanes of at least 4 members (excludes halogenated alkanes) is 26. The van der Waals surface area contributed by atoms with Gasteiger partial charge in [-0.25, -0.2) is 0 Å². The van der Waals surface area contributed by atoms with E-state index in [0.717, 1.165) is 44.9 Å². The van der Waals surface area contributed by atoms with Crippen molar-refractivity contribution in [2.75, 3.05) is 6.61 Å². The third-order valence-electron chi connectivity index (χ3n) is 9.77. The molecule has 292 valence electrons. The number of rotatable bonds is 39. The van der Waals surface area contributed by atoms with Gasteiger partial charge in [0.05, 0.1) is 18.8 Å². The largest absolute Gasteiger partial charge is 0.394 e. The summed E-state index contributed by atoms with van der Waals surface area (Å²) in [5.41, 5.74) is 0. The predicted octanol–water partition coefficient (Wildman–Crippen LogP) is 13.6. The minimum Gasteiger partial charge on any atom is -0.394 e. The average molecular weight is 700 g/mol. The molecule has 0 fully saturated rings. The molecular weight excluding hydrogens is 615 g/mol. The number of hydrogen-bond donors (Lipinski definition) is 3. The molecule has 0 saturated carbocycles. The summed E-state index contributed by atoms with van der Waals surface area (Å²) < 4.78 is 0. The van der Waals surface area contributed by atoms with Crippen LogP contribution in [0.25, 0.3) is 0 Å². The molecule has 3 N–H and O–H groups in total. The van der Waals surface area contributed by atoms with Crippen LogP contribution in [0.1, 0.15) is 219 Å². The Morgan fingerprint density at radius 1 is 0.480 bits per heavy atom. The number of aliphatic hydroxyl groups excluding tert-OH is 2. The van der Waals surface area contributed by atoms with Crippen molar-refractivity contribution in [3.8, 4) is 0 Å². The number of carbonyl (C=O) groups excluding carboxylic acids is 1. The summed E-state index contributed by atoms with van der Waals surface area (Å²) in [5.74, 6) is -0.0811. The summed E-state index contributed by atoms with van der Waals surface area (Å²) in [5, 5.41) is 22.8. The Kier molecular flexibility index (Phi) is 40.4. The number of nitrogens with one attached hydrogen (secondary N) is 1. The predicted molar refractivity (Wildman–Crippen MR) is 221 cm³/mol. The van der Waals surface area contributed by atoms with Crippen molar-refractivity contribution in [3.05, 3.63) is 48.6 Å². The van der Waals surface area contributed by atoms with E-state index in [0.29, 0.717) is 6.42 Å². The Morgan fingerprint density at radius 3 is 1.26 bits per heavy atom. The smallest absolute Gasteiger partial charge is 0.220 e. The molecule has 4 nitrogen and oxygen atoms in total. The van der Waals surface area contributed by atoms with Crippen LogP contribution in [0, 0.1) is 0 Å². The molecule has 0 radical (unpaired) electrons. The molecule has 0 rings (SSSR count). The minimum absolute atomic E-state index is 0.0811. The topological polar surface area (TPSA) is 69.6 Å². The first kappa shape index (κ1) is 48.3. The fraction of sp³-hybridized carbons (Fsp3) is 0.804. The first-order valence-corrected chi connectivity index (χ1v) is 21.9. The highest BCUT2D eigenvalue weighted by atomic mass is 16.3. The van der Waals surface area contributed by atoms with Crippen LogP contribution in [0.4, 0.5) is 0 Å². The summed E-state index contributed by atoms with van der Waals surface area (Å²) in [6.07, 6.45) is 56.7. The fourth-order valence-electron chi connectivity index (χ4n) is 6.45. The van der Waals surface area contributed by atoms with Crippen LogP contribution >= 0.6 is 0 Å². The van der Waals surface area contributed by atoms with Gasteiger partial charge in [0.2, 0.25) is 5.91 Å². The van der Waals surface area contributed by atoms with Crippen LogP contribution in [0.3, 0.4) is 0 Å². The van der Waals surface area contributed by atoms with Gasteiger partial charge in [-0.3, -0.25) is 4.79 Å². The van der Waals surface area contributed by atoms with E-state index in [9.17, 15) is 15.0 Å². The molecule has 50 heavy (non-hydrogen) atoms. The molecular formula is C46H85NO3. The van der Waals surface area contributed by atoms with E-state index in [4.69, 9.17) is 0 Å². The molecule has 0 heterocycles. The van der Waals surface area contributed by atoms with Gasteiger partial charge >= 0.3 is 0 Å². The molecule has 0 aliphatic rings. The Labute approximate surface area is 312 Å². The second-order valence-electron chi connectivity index (χ2n) is 14.7. The maximum atomic E-state index is 12.3. The molecule has 0 saturated heterocycles. The molecule has 0 aromatic heterocycles. The van der Waals surface area contributed by atoms with Gasteiger partial charge in [-0.2, -0.15) is 0 Å². The van der Waals surface area contributed by atoms with Gasteiger partial charge in [-0.15, -0.1) is 0 Å². The van der Waals surface area contributed by atoms with E-state index in [1.807, 2.05) is 6.08 Å². The van der Waals surface area contributed by atoms with E-state index >= 15 is 0 Å². The number of aliphatic hydroxyl groups is 2. The van der Waals surface area contributed by atoms with Gasteiger partial charge in [-0.1, -0.05) is 197 Å². The highest BCUT2D eigenvalue weighted by molar-refractivity contribution is 5.76. The SMILES string of the molecule is CC/C=C/CC/C=C/CC/C=C/C(O)C(CO)NC(=O)CCCCCCCCCCCCCC/C=C\CCCCCCCCCCCCCC. The van der Waals surface area contributed by atoms with Crippen LogP contribution in [-0.4, -0.2) is 34.9 Å². The summed E-state index contributed by atoms with van der Waals surface area (Å²) >= 11 is 0. The lowest BCUT2D eigenvalue weighted by atomic mass is 10.0. The number of allylic oxidation sites excluding steroid dienone is 7. The number of hydrogen-bond acceptors (Lipinski definition) is 3.